The van der Waals surface area contributed by atoms with Crippen molar-refractivity contribution in [1.29, 1.82) is 0 Å². The summed E-state index contributed by atoms with van der Waals surface area (Å²) in [4.78, 5) is 22.7. The number of hydrogen-bond acceptors (Lipinski definition) is 7. The molecule has 0 saturated carbocycles. The van der Waals surface area contributed by atoms with Crippen LogP contribution in [0, 0.1) is 5.21 Å². The third-order valence-electron chi connectivity index (χ3n) is 6.86. The number of carbonyl (C=O) groups excluding carboxylic acids is 1. The molecule has 4 rings (SSSR count). The fraction of sp³-hybridized carbons (Fsp3) is 0.387. The molecule has 0 spiro atoms. The summed E-state index contributed by atoms with van der Waals surface area (Å²) in [5.74, 6) is -0.290. The van der Waals surface area contributed by atoms with Crippen LogP contribution in [-0.2, 0) is 32.2 Å². The summed E-state index contributed by atoms with van der Waals surface area (Å²) < 4.78 is 13.6. The van der Waals surface area contributed by atoms with Gasteiger partial charge in [-0.05, 0) is 35.6 Å². The number of pyridine rings is 1. The number of rotatable bonds is 14. The second-order valence-electron chi connectivity index (χ2n) is 10.00. The fourth-order valence-electron chi connectivity index (χ4n) is 4.55. The number of carboxylic acid groups (broad SMARTS) is 1. The van der Waals surface area contributed by atoms with Crippen LogP contribution in [0.5, 0.6) is 0 Å². The zero-order valence-corrected chi connectivity index (χ0v) is 23.6. The summed E-state index contributed by atoms with van der Waals surface area (Å²) in [6.07, 6.45) is 3.55. The predicted octanol–water partition coefficient (Wildman–Crippen LogP) is 4.80. The molecular weight excluding hydrogens is 544 g/mol. The molecule has 1 aliphatic rings. The number of amides is 1. The Morgan fingerprint density at radius 1 is 0.927 bits per heavy atom. The normalized spacial score (nSPS) is 18.6. The number of unbranched alkanes of at least 4 members (excludes halogenated alkanes) is 2. The number of aliphatic hydroxyl groups excluding tert-OH is 1. The van der Waals surface area contributed by atoms with Gasteiger partial charge in [-0.15, -0.1) is 0 Å². The molecule has 3 aromatic rings. The summed E-state index contributed by atoms with van der Waals surface area (Å²) >= 11 is 1.45. The molecule has 0 bridgehead atoms. The molecule has 0 radical (unpaired) electrons. The van der Waals surface area contributed by atoms with E-state index in [1.807, 2.05) is 54.6 Å². The first-order chi connectivity index (χ1) is 19.9. The van der Waals surface area contributed by atoms with Gasteiger partial charge in [-0.3, -0.25) is 9.59 Å². The van der Waals surface area contributed by atoms with Crippen molar-refractivity contribution in [1.82, 2.24) is 5.32 Å². The summed E-state index contributed by atoms with van der Waals surface area (Å²) in [6.45, 7) is 0.370. The first-order valence-corrected chi connectivity index (χ1v) is 14.8. The molecule has 9 nitrogen and oxygen atoms in total. The highest BCUT2D eigenvalue weighted by molar-refractivity contribution is 7.99. The number of ether oxygens (including phenoxy) is 2. The number of benzene rings is 2. The van der Waals surface area contributed by atoms with E-state index in [1.54, 1.807) is 12.1 Å². The van der Waals surface area contributed by atoms with Gasteiger partial charge >= 0.3 is 5.97 Å². The van der Waals surface area contributed by atoms with Crippen molar-refractivity contribution >= 4 is 23.6 Å². The lowest BCUT2D eigenvalue weighted by molar-refractivity contribution is -0.645. The van der Waals surface area contributed by atoms with Gasteiger partial charge in [0.25, 0.3) is 5.03 Å². The average Bonchev–Trinajstić information content (AvgIpc) is 2.99. The van der Waals surface area contributed by atoms with Gasteiger partial charge in [0.15, 0.2) is 12.5 Å². The molecule has 218 valence electrons. The standard InChI is InChI=1S/C31H36N2O7S/c34-20-23-11-13-24(14-12-23)27-18-26(21-41-29-7-4-5-17-33(29)38)39-31(40-27)25-15-9-22(10-16-25)19-32-28(35)6-2-1-3-8-30(36)37/h4-5,7,9-17,26-27,31,34H,1-3,6,8,18-21H2,(H,32,35)(H,36,37)/t26-,27+,31+/m0/s1. The highest BCUT2D eigenvalue weighted by Crippen LogP contribution is 2.39. The Balaban J connectivity index is 1.36. The van der Waals surface area contributed by atoms with Crippen molar-refractivity contribution < 1.29 is 34.0 Å². The number of nitrogens with zero attached hydrogens (tertiary/aromatic N) is 1. The number of aromatic nitrogens is 1. The largest absolute Gasteiger partial charge is 0.618 e. The molecule has 1 aromatic heterocycles. The third kappa shape index (κ3) is 9.57. The van der Waals surface area contributed by atoms with Crippen LogP contribution in [0.1, 0.15) is 73.2 Å². The van der Waals surface area contributed by atoms with Crippen LogP contribution in [0.15, 0.2) is 78.0 Å². The average molecular weight is 581 g/mol. The lowest BCUT2D eigenvalue weighted by Gasteiger charge is -2.36. The SMILES string of the molecule is O=C(O)CCCCCC(=O)NCc1ccc([C@@H]2O[C@H](CSc3cccc[n+]3[O-])C[C@H](c3ccc(CO)cc3)O2)cc1. The molecule has 41 heavy (non-hydrogen) atoms. The molecule has 1 saturated heterocycles. The maximum atomic E-state index is 12.2. The van der Waals surface area contributed by atoms with E-state index in [0.717, 1.165) is 27.0 Å². The van der Waals surface area contributed by atoms with Gasteiger partial charge in [0.05, 0.1) is 18.8 Å². The second kappa shape index (κ2) is 15.5. The van der Waals surface area contributed by atoms with Gasteiger partial charge in [0.2, 0.25) is 5.91 Å². The number of hydrogen-bond donors (Lipinski definition) is 3. The Morgan fingerprint density at radius 2 is 1.63 bits per heavy atom. The molecule has 0 aliphatic carbocycles. The summed E-state index contributed by atoms with van der Waals surface area (Å²) in [5.41, 5.74) is 3.61. The Hall–Kier alpha value is -3.44. The van der Waals surface area contributed by atoms with E-state index in [1.165, 1.54) is 18.0 Å². The van der Waals surface area contributed by atoms with Gasteiger partial charge in [-0.25, -0.2) is 0 Å². The highest BCUT2D eigenvalue weighted by Gasteiger charge is 2.32. The molecule has 10 heteroatoms. The maximum Gasteiger partial charge on any atom is 0.303 e. The minimum absolute atomic E-state index is 0.0251. The molecule has 2 aromatic carbocycles. The van der Waals surface area contributed by atoms with E-state index in [9.17, 15) is 19.9 Å². The van der Waals surface area contributed by atoms with Gasteiger partial charge in [0, 0.05) is 49.3 Å². The molecule has 0 unspecified atom stereocenters. The van der Waals surface area contributed by atoms with Crippen molar-refractivity contribution in [3.63, 3.8) is 0 Å². The molecule has 3 N–H and O–H groups in total. The third-order valence-corrected chi connectivity index (χ3v) is 8.01. The second-order valence-corrected chi connectivity index (χ2v) is 11.0. The van der Waals surface area contributed by atoms with E-state index in [4.69, 9.17) is 14.6 Å². The minimum Gasteiger partial charge on any atom is -0.618 e. The number of nitrogens with one attached hydrogen (secondary N) is 1. The lowest BCUT2D eigenvalue weighted by Crippen LogP contribution is -2.32. The monoisotopic (exact) mass is 580 g/mol. The molecule has 3 atom stereocenters. The summed E-state index contributed by atoms with van der Waals surface area (Å²) in [6, 6.07) is 20.7. The number of aliphatic hydroxyl groups is 1. The first kappa shape index (κ1) is 30.5. The van der Waals surface area contributed by atoms with Crippen molar-refractivity contribution in [3.05, 3.63) is 100 Å². The van der Waals surface area contributed by atoms with Crippen molar-refractivity contribution in [2.75, 3.05) is 5.75 Å². The molecule has 2 heterocycles. The fourth-order valence-corrected chi connectivity index (χ4v) is 5.48. The van der Waals surface area contributed by atoms with E-state index in [2.05, 4.69) is 5.32 Å². The summed E-state index contributed by atoms with van der Waals surface area (Å²) in [7, 11) is 0. The van der Waals surface area contributed by atoms with Crippen LogP contribution >= 0.6 is 11.8 Å². The van der Waals surface area contributed by atoms with Crippen molar-refractivity contribution in [2.45, 2.75) is 75.2 Å². The van der Waals surface area contributed by atoms with E-state index in [-0.39, 0.29) is 31.1 Å². The zero-order chi connectivity index (χ0) is 29.0. The van der Waals surface area contributed by atoms with E-state index >= 15 is 0 Å². The van der Waals surface area contributed by atoms with Crippen molar-refractivity contribution in [3.8, 4) is 0 Å². The first-order valence-electron chi connectivity index (χ1n) is 13.8. The van der Waals surface area contributed by atoms with Crippen LogP contribution < -0.4 is 10.0 Å². The van der Waals surface area contributed by atoms with Crippen LogP contribution in [0.4, 0.5) is 0 Å². The number of thioether (sulfide) groups is 1. The number of carboxylic acids is 1. The molecule has 1 aliphatic heterocycles. The van der Waals surface area contributed by atoms with Gasteiger partial charge < -0.3 is 30.2 Å². The Kier molecular flexibility index (Phi) is 11.6. The lowest BCUT2D eigenvalue weighted by atomic mass is 10.0. The van der Waals surface area contributed by atoms with Gasteiger partial charge in [0.1, 0.15) is 0 Å². The Morgan fingerprint density at radius 3 is 2.34 bits per heavy atom. The number of aliphatic carboxylic acids is 1. The quantitative estimate of drug-likeness (QED) is 0.107. The topological polar surface area (TPSA) is 132 Å². The van der Waals surface area contributed by atoms with Gasteiger partial charge in [-0.2, -0.15) is 4.73 Å². The van der Waals surface area contributed by atoms with Crippen molar-refractivity contribution in [2.24, 2.45) is 0 Å². The van der Waals surface area contributed by atoms with E-state index < -0.39 is 12.3 Å². The predicted molar refractivity (Wildman–Crippen MR) is 154 cm³/mol. The minimum atomic E-state index is -0.812. The van der Waals surface area contributed by atoms with Crippen LogP contribution in [0.3, 0.4) is 0 Å². The Labute approximate surface area is 244 Å². The Bertz CT molecular complexity index is 1270. The maximum absolute atomic E-state index is 12.2. The molecule has 1 fully saturated rings. The molecule has 1 amide bonds. The van der Waals surface area contributed by atoms with Crippen LogP contribution in [0.2, 0.25) is 0 Å². The molecular formula is C31H36N2O7S. The highest BCUT2D eigenvalue weighted by atomic mass is 32.2. The number of carbonyl (C=O) groups is 2. The van der Waals surface area contributed by atoms with Gasteiger partial charge in [-0.1, -0.05) is 66.7 Å². The zero-order valence-electron chi connectivity index (χ0n) is 22.8. The smallest absolute Gasteiger partial charge is 0.303 e. The van der Waals surface area contributed by atoms with E-state index in [0.29, 0.717) is 49.4 Å². The summed E-state index contributed by atoms with van der Waals surface area (Å²) in [5, 5.41) is 33.7. The van der Waals surface area contributed by atoms with Crippen LogP contribution in [-0.4, -0.2) is 33.9 Å². The van der Waals surface area contributed by atoms with Crippen LogP contribution in [0.25, 0.3) is 0 Å².